The van der Waals surface area contributed by atoms with Gasteiger partial charge in [-0.25, -0.2) is 0 Å². The van der Waals surface area contributed by atoms with Crippen molar-refractivity contribution in [1.82, 2.24) is 5.32 Å². The van der Waals surface area contributed by atoms with Crippen LogP contribution in [0.3, 0.4) is 0 Å². The van der Waals surface area contributed by atoms with Crippen LogP contribution in [0.1, 0.15) is 79.9 Å². The molecular formula is C21H29Cl2NO2. The van der Waals surface area contributed by atoms with Gasteiger partial charge in [-0.2, -0.15) is 0 Å². The molecule has 1 saturated heterocycles. The van der Waals surface area contributed by atoms with E-state index in [2.05, 4.69) is 17.4 Å². The average Bonchev–Trinajstić information content (AvgIpc) is 3.29. The van der Waals surface area contributed by atoms with E-state index in [4.69, 9.17) is 16.3 Å². The van der Waals surface area contributed by atoms with Crippen LogP contribution < -0.4 is 5.32 Å². The van der Waals surface area contributed by atoms with E-state index in [1.807, 2.05) is 0 Å². The van der Waals surface area contributed by atoms with Crippen LogP contribution in [0.25, 0.3) is 0 Å². The van der Waals surface area contributed by atoms with Crippen molar-refractivity contribution < 1.29 is 9.53 Å². The Hall–Kier alpha value is -0.770. The molecule has 1 aliphatic heterocycles. The van der Waals surface area contributed by atoms with Crippen LogP contribution in [0.5, 0.6) is 0 Å². The Morgan fingerprint density at radius 2 is 1.88 bits per heavy atom. The SMILES string of the molecule is Cl.O=C(OCC1CCCN1)C1CCc2cc(C3CCCCC3)c(Cl)cc21. The molecule has 2 unspecified atom stereocenters. The van der Waals surface area contributed by atoms with Crippen LogP contribution in [0.2, 0.25) is 5.02 Å². The highest BCUT2D eigenvalue weighted by Gasteiger charge is 2.32. The topological polar surface area (TPSA) is 38.3 Å². The first kappa shape index (κ1) is 20.0. The summed E-state index contributed by atoms with van der Waals surface area (Å²) in [6.45, 7) is 1.53. The molecule has 0 spiro atoms. The molecule has 1 aromatic carbocycles. The smallest absolute Gasteiger partial charge is 0.313 e. The number of hydrogen-bond donors (Lipinski definition) is 1. The van der Waals surface area contributed by atoms with Gasteiger partial charge in [0.1, 0.15) is 6.61 Å². The minimum absolute atomic E-state index is 0. The molecule has 2 atom stereocenters. The molecule has 3 nitrogen and oxygen atoms in total. The third kappa shape index (κ3) is 4.21. The summed E-state index contributed by atoms with van der Waals surface area (Å²) >= 11 is 6.63. The van der Waals surface area contributed by atoms with Crippen LogP contribution in [-0.4, -0.2) is 25.2 Å². The zero-order valence-corrected chi connectivity index (χ0v) is 16.8. The highest BCUT2D eigenvalue weighted by atomic mass is 35.5. The molecule has 26 heavy (non-hydrogen) atoms. The highest BCUT2D eigenvalue weighted by molar-refractivity contribution is 6.31. The molecule has 2 fully saturated rings. The second-order valence-corrected chi connectivity index (χ2v) is 8.33. The number of halogens is 2. The molecule has 144 valence electrons. The van der Waals surface area contributed by atoms with Crippen LogP contribution in [0.15, 0.2) is 12.1 Å². The van der Waals surface area contributed by atoms with Crippen LogP contribution in [0.4, 0.5) is 0 Å². The van der Waals surface area contributed by atoms with Gasteiger partial charge in [0.25, 0.3) is 0 Å². The van der Waals surface area contributed by atoms with Gasteiger partial charge in [0, 0.05) is 11.1 Å². The Labute approximate surface area is 167 Å². The minimum Gasteiger partial charge on any atom is -0.464 e. The summed E-state index contributed by atoms with van der Waals surface area (Å²) in [6.07, 6.45) is 10.6. The van der Waals surface area contributed by atoms with Crippen LogP contribution in [-0.2, 0) is 16.0 Å². The summed E-state index contributed by atoms with van der Waals surface area (Å²) in [5, 5.41) is 4.23. The lowest BCUT2D eigenvalue weighted by Gasteiger charge is -2.24. The molecule has 1 aromatic rings. The van der Waals surface area contributed by atoms with E-state index >= 15 is 0 Å². The van der Waals surface area contributed by atoms with Gasteiger partial charge in [-0.05, 0) is 73.7 Å². The van der Waals surface area contributed by atoms with Gasteiger partial charge < -0.3 is 10.1 Å². The fourth-order valence-corrected chi connectivity index (χ4v) is 5.13. The summed E-state index contributed by atoms with van der Waals surface area (Å²) in [5.74, 6) is 0.397. The number of ether oxygens (including phenoxy) is 1. The van der Waals surface area contributed by atoms with E-state index in [9.17, 15) is 4.79 Å². The van der Waals surface area contributed by atoms with Gasteiger partial charge in [0.2, 0.25) is 0 Å². The van der Waals surface area contributed by atoms with Gasteiger partial charge in [-0.1, -0.05) is 36.9 Å². The van der Waals surface area contributed by atoms with E-state index in [0.717, 1.165) is 36.4 Å². The largest absolute Gasteiger partial charge is 0.464 e. The number of carbonyl (C=O) groups is 1. The Morgan fingerprint density at radius 3 is 2.62 bits per heavy atom. The quantitative estimate of drug-likeness (QED) is 0.715. The number of benzene rings is 1. The number of fused-ring (bicyclic) bond motifs is 1. The lowest BCUT2D eigenvalue weighted by molar-refractivity contribution is -0.146. The lowest BCUT2D eigenvalue weighted by Crippen LogP contribution is -2.29. The van der Waals surface area contributed by atoms with Crippen molar-refractivity contribution >= 4 is 30.0 Å². The van der Waals surface area contributed by atoms with E-state index in [-0.39, 0.29) is 24.3 Å². The van der Waals surface area contributed by atoms with Gasteiger partial charge in [-0.3, -0.25) is 4.79 Å². The second-order valence-electron chi connectivity index (χ2n) is 7.92. The fourth-order valence-electron chi connectivity index (χ4n) is 4.80. The molecule has 1 saturated carbocycles. The summed E-state index contributed by atoms with van der Waals surface area (Å²) in [4.78, 5) is 12.6. The van der Waals surface area contributed by atoms with Crippen LogP contribution >= 0.6 is 24.0 Å². The van der Waals surface area contributed by atoms with Crippen molar-refractivity contribution in [3.63, 3.8) is 0 Å². The van der Waals surface area contributed by atoms with E-state index in [1.54, 1.807) is 0 Å². The highest BCUT2D eigenvalue weighted by Crippen LogP contribution is 2.42. The Bertz CT molecular complexity index is 637. The number of hydrogen-bond acceptors (Lipinski definition) is 3. The van der Waals surface area contributed by atoms with Crippen molar-refractivity contribution in [3.05, 3.63) is 33.8 Å². The van der Waals surface area contributed by atoms with Crippen molar-refractivity contribution in [3.8, 4) is 0 Å². The van der Waals surface area contributed by atoms with E-state index in [0.29, 0.717) is 18.6 Å². The maximum atomic E-state index is 12.6. The third-order valence-corrected chi connectivity index (χ3v) is 6.58. The monoisotopic (exact) mass is 397 g/mol. The number of carbonyl (C=O) groups excluding carboxylic acids is 1. The Morgan fingerprint density at radius 1 is 1.08 bits per heavy atom. The van der Waals surface area contributed by atoms with Gasteiger partial charge >= 0.3 is 5.97 Å². The summed E-state index contributed by atoms with van der Waals surface area (Å²) in [5.41, 5.74) is 3.73. The van der Waals surface area contributed by atoms with E-state index in [1.165, 1.54) is 49.7 Å². The molecule has 0 amide bonds. The molecular weight excluding hydrogens is 369 g/mol. The molecule has 0 radical (unpaired) electrons. The summed E-state index contributed by atoms with van der Waals surface area (Å²) < 4.78 is 5.61. The van der Waals surface area contributed by atoms with Crippen LogP contribution in [0, 0.1) is 0 Å². The maximum Gasteiger partial charge on any atom is 0.313 e. The molecule has 3 aliphatic rings. The number of rotatable bonds is 4. The normalized spacial score (nSPS) is 25.6. The number of nitrogens with one attached hydrogen (secondary N) is 1. The number of aryl methyl sites for hydroxylation is 1. The molecule has 1 heterocycles. The minimum atomic E-state index is -0.130. The van der Waals surface area contributed by atoms with Gasteiger partial charge in [0.05, 0.1) is 5.92 Å². The van der Waals surface area contributed by atoms with Gasteiger partial charge in [0.15, 0.2) is 0 Å². The molecule has 1 N–H and O–H groups in total. The zero-order chi connectivity index (χ0) is 17.2. The molecule has 5 heteroatoms. The predicted octanol–water partition coefficient (Wildman–Crippen LogP) is 5.13. The average molecular weight is 398 g/mol. The van der Waals surface area contributed by atoms with Crippen molar-refractivity contribution in [1.29, 1.82) is 0 Å². The predicted molar refractivity (Wildman–Crippen MR) is 108 cm³/mol. The van der Waals surface area contributed by atoms with Gasteiger partial charge in [-0.15, -0.1) is 12.4 Å². The first-order valence-electron chi connectivity index (χ1n) is 9.94. The fraction of sp³-hybridized carbons (Fsp3) is 0.667. The molecule has 4 rings (SSSR count). The van der Waals surface area contributed by atoms with E-state index < -0.39 is 0 Å². The van der Waals surface area contributed by atoms with Crippen molar-refractivity contribution in [2.45, 2.75) is 75.7 Å². The Balaban J connectivity index is 0.00000196. The molecule has 0 bridgehead atoms. The second kappa shape index (κ2) is 8.95. The molecule has 2 aliphatic carbocycles. The standard InChI is InChI=1S/C21H28ClNO2.ClH/c22-20-12-18-15(11-19(20)14-5-2-1-3-6-14)8-9-17(18)21(24)25-13-16-7-4-10-23-16;/h11-12,14,16-17,23H,1-10,13H2;1H. The maximum absolute atomic E-state index is 12.6. The Kier molecular flexibility index (Phi) is 6.87. The first-order valence-corrected chi connectivity index (χ1v) is 10.3. The molecule has 0 aromatic heterocycles. The lowest BCUT2D eigenvalue weighted by atomic mass is 9.83. The number of esters is 1. The summed E-state index contributed by atoms with van der Waals surface area (Å²) in [6, 6.07) is 4.69. The van der Waals surface area contributed by atoms with Crippen molar-refractivity contribution in [2.24, 2.45) is 0 Å². The summed E-state index contributed by atoms with van der Waals surface area (Å²) in [7, 11) is 0. The first-order chi connectivity index (χ1) is 12.2. The zero-order valence-electron chi connectivity index (χ0n) is 15.3. The van der Waals surface area contributed by atoms with Crippen molar-refractivity contribution in [2.75, 3.05) is 13.2 Å². The third-order valence-electron chi connectivity index (χ3n) is 6.25.